The molecule has 0 aliphatic heterocycles. The lowest BCUT2D eigenvalue weighted by Crippen LogP contribution is -2.41. The van der Waals surface area contributed by atoms with Gasteiger partial charge >= 0.3 is 0 Å². The summed E-state index contributed by atoms with van der Waals surface area (Å²) < 4.78 is 0. The Morgan fingerprint density at radius 2 is 2.37 bits per heavy atom. The summed E-state index contributed by atoms with van der Waals surface area (Å²) in [5, 5.41) is 9.84. The molecule has 2 rings (SSSR count). The molecule has 2 unspecified atom stereocenters. The fraction of sp³-hybridized carbons (Fsp3) is 0.688. The second-order valence-electron chi connectivity index (χ2n) is 6.39. The van der Waals surface area contributed by atoms with Gasteiger partial charge in [-0.05, 0) is 37.4 Å². The van der Waals surface area contributed by atoms with Crippen molar-refractivity contribution in [3.63, 3.8) is 0 Å². The third kappa shape index (κ3) is 4.02. The largest absolute Gasteiger partial charge is 0.396 e. The van der Waals surface area contributed by atoms with Crippen molar-refractivity contribution in [2.75, 3.05) is 20.2 Å². The minimum atomic E-state index is 0.106. The van der Waals surface area contributed by atoms with Crippen molar-refractivity contribution < 1.29 is 5.11 Å². The minimum Gasteiger partial charge on any atom is -0.396 e. The highest BCUT2D eigenvalue weighted by atomic mass is 16.3. The Balaban J connectivity index is 1.94. The molecule has 1 aromatic heterocycles. The van der Waals surface area contributed by atoms with Crippen LogP contribution >= 0.6 is 0 Å². The highest BCUT2D eigenvalue weighted by molar-refractivity contribution is 5.08. The van der Waals surface area contributed by atoms with Crippen LogP contribution in [0.1, 0.15) is 38.2 Å². The van der Waals surface area contributed by atoms with E-state index in [1.807, 2.05) is 18.5 Å². The van der Waals surface area contributed by atoms with Gasteiger partial charge in [0.2, 0.25) is 0 Å². The molecule has 0 bridgehead atoms. The molecule has 1 aliphatic carbocycles. The highest BCUT2D eigenvalue weighted by Crippen LogP contribution is 2.39. The van der Waals surface area contributed by atoms with Gasteiger partial charge in [-0.15, -0.1) is 0 Å². The zero-order chi connectivity index (χ0) is 13.7. The van der Waals surface area contributed by atoms with Gasteiger partial charge in [-0.3, -0.25) is 4.98 Å². The highest BCUT2D eigenvalue weighted by Gasteiger charge is 2.35. The summed E-state index contributed by atoms with van der Waals surface area (Å²) in [5.41, 5.74) is 1.34. The lowest BCUT2D eigenvalue weighted by Gasteiger charge is -2.41. The zero-order valence-electron chi connectivity index (χ0n) is 12.2. The number of nitrogens with zero attached hydrogens (tertiary/aromatic N) is 2. The molecular formula is C16H26N2O. The Morgan fingerprint density at radius 1 is 1.53 bits per heavy atom. The Kier molecular flexibility index (Phi) is 4.94. The van der Waals surface area contributed by atoms with Crippen molar-refractivity contribution >= 4 is 0 Å². The van der Waals surface area contributed by atoms with Crippen LogP contribution in [0.25, 0.3) is 0 Å². The molecule has 1 aromatic rings. The van der Waals surface area contributed by atoms with Crippen molar-refractivity contribution in [1.82, 2.24) is 9.88 Å². The molecule has 1 heterocycles. The quantitative estimate of drug-likeness (QED) is 0.886. The van der Waals surface area contributed by atoms with Crippen molar-refractivity contribution in [1.29, 1.82) is 0 Å². The number of hydrogen-bond acceptors (Lipinski definition) is 3. The van der Waals surface area contributed by atoms with Gasteiger partial charge in [0.1, 0.15) is 0 Å². The van der Waals surface area contributed by atoms with E-state index in [0.717, 1.165) is 31.8 Å². The zero-order valence-corrected chi connectivity index (χ0v) is 12.2. The van der Waals surface area contributed by atoms with Crippen LogP contribution in [0, 0.1) is 11.3 Å². The van der Waals surface area contributed by atoms with E-state index in [2.05, 4.69) is 29.9 Å². The Morgan fingerprint density at radius 3 is 3.00 bits per heavy atom. The summed E-state index contributed by atoms with van der Waals surface area (Å²) in [4.78, 5) is 6.48. The van der Waals surface area contributed by atoms with E-state index in [9.17, 15) is 5.11 Å². The summed E-state index contributed by atoms with van der Waals surface area (Å²) in [6.45, 7) is 4.51. The Hall–Kier alpha value is -0.930. The van der Waals surface area contributed by atoms with Crippen molar-refractivity contribution in [2.24, 2.45) is 11.3 Å². The first-order valence-corrected chi connectivity index (χ1v) is 7.32. The molecular weight excluding hydrogens is 236 g/mol. The molecule has 0 saturated heterocycles. The average molecular weight is 262 g/mol. The first kappa shape index (κ1) is 14.5. The molecule has 0 spiro atoms. The van der Waals surface area contributed by atoms with Gasteiger partial charge in [-0.2, -0.15) is 0 Å². The Labute approximate surface area is 116 Å². The predicted molar refractivity (Wildman–Crippen MR) is 77.7 cm³/mol. The van der Waals surface area contributed by atoms with Crippen LogP contribution in [0.2, 0.25) is 0 Å². The molecule has 1 N–H and O–H groups in total. The molecule has 0 aromatic carbocycles. The molecule has 3 nitrogen and oxygen atoms in total. The number of rotatable bonds is 5. The lowest BCUT2D eigenvalue weighted by molar-refractivity contribution is 0.0290. The smallest absolute Gasteiger partial charge is 0.0499 e. The van der Waals surface area contributed by atoms with Gasteiger partial charge < -0.3 is 10.0 Å². The number of aromatic nitrogens is 1. The topological polar surface area (TPSA) is 36.4 Å². The molecule has 106 valence electrons. The van der Waals surface area contributed by atoms with Crippen molar-refractivity contribution in [2.45, 2.75) is 39.2 Å². The van der Waals surface area contributed by atoms with Crippen LogP contribution in [0.3, 0.4) is 0 Å². The normalized spacial score (nSPS) is 27.7. The van der Waals surface area contributed by atoms with E-state index in [0.29, 0.717) is 6.61 Å². The SMILES string of the molecule is CC1CCCC(CO)(CN(C)Cc2cccnc2)C1. The standard InChI is InChI=1S/C16H26N2O/c1-14-5-3-7-16(9-14,13-19)12-18(2)11-15-6-4-8-17-10-15/h4,6,8,10,14,19H,3,5,7,9,11-13H2,1-2H3. The van der Waals surface area contributed by atoms with Gasteiger partial charge in [0.25, 0.3) is 0 Å². The fourth-order valence-electron chi connectivity index (χ4n) is 3.54. The number of aliphatic hydroxyl groups is 1. The third-order valence-electron chi connectivity index (χ3n) is 4.30. The molecule has 1 aliphatic rings. The van der Waals surface area contributed by atoms with Crippen LogP contribution in [0.4, 0.5) is 0 Å². The van der Waals surface area contributed by atoms with Gasteiger partial charge in [0.05, 0.1) is 0 Å². The molecule has 19 heavy (non-hydrogen) atoms. The van der Waals surface area contributed by atoms with Gasteiger partial charge in [-0.25, -0.2) is 0 Å². The maximum atomic E-state index is 9.84. The second kappa shape index (κ2) is 6.49. The van der Waals surface area contributed by atoms with Crippen LogP contribution < -0.4 is 0 Å². The first-order chi connectivity index (χ1) is 9.13. The number of aliphatic hydroxyl groups excluding tert-OH is 1. The summed E-state index contributed by atoms with van der Waals surface area (Å²) >= 11 is 0. The summed E-state index contributed by atoms with van der Waals surface area (Å²) in [6, 6.07) is 4.09. The van der Waals surface area contributed by atoms with E-state index in [4.69, 9.17) is 0 Å². The summed E-state index contributed by atoms with van der Waals surface area (Å²) in [7, 11) is 2.14. The average Bonchev–Trinajstić information content (AvgIpc) is 2.39. The lowest BCUT2D eigenvalue weighted by atomic mass is 9.70. The fourth-order valence-corrected chi connectivity index (χ4v) is 3.54. The van der Waals surface area contributed by atoms with Crippen molar-refractivity contribution in [3.05, 3.63) is 30.1 Å². The minimum absolute atomic E-state index is 0.106. The Bertz CT molecular complexity index is 382. The molecule has 3 heteroatoms. The molecule has 0 amide bonds. The third-order valence-corrected chi connectivity index (χ3v) is 4.30. The molecule has 1 saturated carbocycles. The molecule has 0 radical (unpaired) electrons. The number of hydrogen-bond donors (Lipinski definition) is 1. The van der Waals surface area contributed by atoms with Crippen LogP contribution in [-0.4, -0.2) is 35.2 Å². The van der Waals surface area contributed by atoms with Crippen LogP contribution in [-0.2, 0) is 6.54 Å². The maximum absolute atomic E-state index is 9.84. The maximum Gasteiger partial charge on any atom is 0.0499 e. The second-order valence-corrected chi connectivity index (χ2v) is 6.39. The van der Waals surface area contributed by atoms with E-state index in [1.54, 1.807) is 0 Å². The molecule has 2 atom stereocenters. The summed E-state index contributed by atoms with van der Waals surface area (Å²) in [5.74, 6) is 0.743. The van der Waals surface area contributed by atoms with E-state index < -0.39 is 0 Å². The summed E-state index contributed by atoms with van der Waals surface area (Å²) in [6.07, 6.45) is 8.61. The molecule has 1 fully saturated rings. The van der Waals surface area contributed by atoms with Gasteiger partial charge in [-0.1, -0.05) is 25.8 Å². The monoisotopic (exact) mass is 262 g/mol. The predicted octanol–water partition coefficient (Wildman–Crippen LogP) is 2.70. The van der Waals surface area contributed by atoms with Crippen molar-refractivity contribution in [3.8, 4) is 0 Å². The van der Waals surface area contributed by atoms with E-state index in [-0.39, 0.29) is 5.41 Å². The van der Waals surface area contributed by atoms with E-state index in [1.165, 1.54) is 18.4 Å². The van der Waals surface area contributed by atoms with Gasteiger partial charge in [0.15, 0.2) is 0 Å². The van der Waals surface area contributed by atoms with Crippen LogP contribution in [0.5, 0.6) is 0 Å². The van der Waals surface area contributed by atoms with Gasteiger partial charge in [0, 0.05) is 37.5 Å². The number of pyridine rings is 1. The van der Waals surface area contributed by atoms with Crippen LogP contribution in [0.15, 0.2) is 24.5 Å². The van der Waals surface area contributed by atoms with E-state index >= 15 is 0 Å². The first-order valence-electron chi connectivity index (χ1n) is 7.32.